The third-order valence-electron chi connectivity index (χ3n) is 5.58. The third kappa shape index (κ3) is 8.15. The second kappa shape index (κ2) is 13.2. The van der Waals surface area contributed by atoms with Crippen LogP contribution in [0.3, 0.4) is 0 Å². The van der Waals surface area contributed by atoms with E-state index in [1.807, 2.05) is 13.8 Å². The van der Waals surface area contributed by atoms with Gasteiger partial charge in [-0.05, 0) is 55.7 Å². The van der Waals surface area contributed by atoms with Gasteiger partial charge in [-0.3, -0.25) is 13.9 Å². The molecule has 0 aliphatic rings. The highest BCUT2D eigenvalue weighted by Gasteiger charge is 2.32. The van der Waals surface area contributed by atoms with Gasteiger partial charge in [0.25, 0.3) is 0 Å². The van der Waals surface area contributed by atoms with Gasteiger partial charge in [0, 0.05) is 17.6 Å². The summed E-state index contributed by atoms with van der Waals surface area (Å²) in [6.45, 7) is 4.99. The number of sulfonamides is 1. The number of amides is 2. The zero-order valence-corrected chi connectivity index (χ0v) is 24.2. The molecule has 7 nitrogen and oxygen atoms in total. The van der Waals surface area contributed by atoms with Crippen LogP contribution in [0.5, 0.6) is 0 Å². The number of nitrogens with one attached hydrogen (secondary N) is 1. The van der Waals surface area contributed by atoms with E-state index in [1.54, 1.807) is 25.1 Å². The maximum absolute atomic E-state index is 13.7. The number of carbonyl (C=O) groups is 2. The zero-order valence-electron chi connectivity index (χ0n) is 20.4. The van der Waals surface area contributed by atoms with Gasteiger partial charge < -0.3 is 10.2 Å². The number of nitrogens with zero attached hydrogens (tertiary/aromatic N) is 2. The van der Waals surface area contributed by atoms with E-state index in [2.05, 4.69) is 5.32 Å². The van der Waals surface area contributed by atoms with E-state index in [0.29, 0.717) is 28.5 Å². The van der Waals surface area contributed by atoms with Crippen LogP contribution >= 0.6 is 46.4 Å². The first-order chi connectivity index (χ1) is 16.8. The van der Waals surface area contributed by atoms with Crippen LogP contribution in [0.4, 0.5) is 5.69 Å². The number of rotatable bonds is 11. The number of anilines is 1. The molecule has 0 spiro atoms. The van der Waals surface area contributed by atoms with Crippen LogP contribution < -0.4 is 9.62 Å². The highest BCUT2D eigenvalue weighted by molar-refractivity contribution is 7.92. The molecule has 2 aromatic rings. The van der Waals surface area contributed by atoms with Gasteiger partial charge in [0.2, 0.25) is 21.8 Å². The smallest absolute Gasteiger partial charge is 0.244 e. The molecule has 0 saturated heterocycles. The molecule has 0 heterocycles. The molecule has 198 valence electrons. The topological polar surface area (TPSA) is 86.8 Å². The van der Waals surface area contributed by atoms with Crippen LogP contribution in [-0.4, -0.2) is 50.0 Å². The summed E-state index contributed by atoms with van der Waals surface area (Å²) >= 11 is 24.5. The number of hydrogen-bond acceptors (Lipinski definition) is 4. The summed E-state index contributed by atoms with van der Waals surface area (Å²) in [6, 6.07) is 8.25. The molecule has 12 heteroatoms. The Kier molecular flexibility index (Phi) is 11.2. The standard InChI is InChI=1S/C24H29Cl4N3O4S/c1-5-15(3)29-24(33)21(6-2)30(13-16-7-9-18(26)20(28)11-16)23(32)14-31(36(4,34)35)22-12-17(25)8-10-19(22)27/h7-12,15,21H,5-6,13-14H2,1-4H3,(H,29,33)/t15-,21-/m0/s1. The van der Waals surface area contributed by atoms with E-state index in [0.717, 1.165) is 10.6 Å². The Morgan fingerprint density at radius 3 is 2.14 bits per heavy atom. The normalized spacial score (nSPS) is 13.1. The average molecular weight is 597 g/mol. The van der Waals surface area contributed by atoms with Crippen LogP contribution in [0.15, 0.2) is 36.4 Å². The summed E-state index contributed by atoms with van der Waals surface area (Å²) in [5, 5.41) is 3.90. The molecule has 0 fully saturated rings. The molecule has 2 rings (SSSR count). The average Bonchev–Trinajstić information content (AvgIpc) is 2.80. The van der Waals surface area contributed by atoms with Crippen molar-refractivity contribution in [3.63, 3.8) is 0 Å². The number of hydrogen-bond donors (Lipinski definition) is 1. The Hall–Kier alpha value is -1.71. The van der Waals surface area contributed by atoms with Crippen molar-refractivity contribution >= 4 is 73.9 Å². The molecular weight excluding hydrogens is 568 g/mol. The fourth-order valence-electron chi connectivity index (χ4n) is 3.47. The fraction of sp³-hybridized carbons (Fsp3) is 0.417. The molecule has 0 aromatic heterocycles. The second-order valence-electron chi connectivity index (χ2n) is 8.38. The van der Waals surface area contributed by atoms with Gasteiger partial charge >= 0.3 is 0 Å². The largest absolute Gasteiger partial charge is 0.352 e. The lowest BCUT2D eigenvalue weighted by Crippen LogP contribution is -2.53. The predicted octanol–water partition coefficient (Wildman–Crippen LogP) is 5.79. The molecule has 2 aromatic carbocycles. The van der Waals surface area contributed by atoms with E-state index in [-0.39, 0.29) is 34.2 Å². The third-order valence-corrected chi connectivity index (χ3v) is 8.00. The first-order valence-electron chi connectivity index (χ1n) is 11.2. The van der Waals surface area contributed by atoms with Gasteiger partial charge in [0.15, 0.2) is 0 Å². The minimum Gasteiger partial charge on any atom is -0.352 e. The Bertz CT molecular complexity index is 1210. The summed E-state index contributed by atoms with van der Waals surface area (Å²) < 4.78 is 26.3. The predicted molar refractivity (Wildman–Crippen MR) is 148 cm³/mol. The molecule has 0 saturated carbocycles. The number of carbonyl (C=O) groups excluding carboxylic acids is 2. The maximum Gasteiger partial charge on any atom is 0.244 e. The van der Waals surface area contributed by atoms with Crippen molar-refractivity contribution in [3.05, 3.63) is 62.1 Å². The molecule has 2 atom stereocenters. The van der Waals surface area contributed by atoms with Crippen molar-refractivity contribution in [1.29, 1.82) is 0 Å². The Morgan fingerprint density at radius 2 is 1.58 bits per heavy atom. The quantitative estimate of drug-likeness (QED) is 0.356. The first kappa shape index (κ1) is 30.5. The van der Waals surface area contributed by atoms with E-state index < -0.39 is 28.5 Å². The van der Waals surface area contributed by atoms with E-state index in [1.165, 1.54) is 23.1 Å². The van der Waals surface area contributed by atoms with Crippen LogP contribution in [0.1, 0.15) is 39.2 Å². The summed E-state index contributed by atoms with van der Waals surface area (Å²) in [5.74, 6) is -0.944. The molecule has 0 unspecified atom stereocenters. The summed E-state index contributed by atoms with van der Waals surface area (Å²) in [7, 11) is -3.94. The molecule has 0 bridgehead atoms. The SMILES string of the molecule is CC[C@H](C)NC(=O)[C@H](CC)N(Cc1ccc(Cl)c(Cl)c1)C(=O)CN(c1cc(Cl)ccc1Cl)S(C)(=O)=O. The van der Waals surface area contributed by atoms with Gasteiger partial charge in [0.05, 0.1) is 27.0 Å². The van der Waals surface area contributed by atoms with Crippen LogP contribution in [-0.2, 0) is 26.2 Å². The first-order valence-corrected chi connectivity index (χ1v) is 14.6. The highest BCUT2D eigenvalue weighted by atomic mass is 35.5. The minimum absolute atomic E-state index is 0.00301. The highest BCUT2D eigenvalue weighted by Crippen LogP contribution is 2.31. The van der Waals surface area contributed by atoms with Crippen molar-refractivity contribution in [2.24, 2.45) is 0 Å². The van der Waals surface area contributed by atoms with Crippen molar-refractivity contribution in [2.45, 2.75) is 52.2 Å². The molecule has 0 radical (unpaired) electrons. The van der Waals surface area contributed by atoms with Gasteiger partial charge in [0.1, 0.15) is 12.6 Å². The monoisotopic (exact) mass is 595 g/mol. The minimum atomic E-state index is -3.94. The van der Waals surface area contributed by atoms with Gasteiger partial charge in [-0.2, -0.15) is 0 Å². The van der Waals surface area contributed by atoms with E-state index >= 15 is 0 Å². The number of halogens is 4. The van der Waals surface area contributed by atoms with Crippen LogP contribution in [0.2, 0.25) is 20.1 Å². The summed E-state index contributed by atoms with van der Waals surface area (Å²) in [4.78, 5) is 28.2. The molecular formula is C24H29Cl4N3O4S. The Morgan fingerprint density at radius 1 is 0.944 bits per heavy atom. The van der Waals surface area contributed by atoms with Crippen LogP contribution in [0.25, 0.3) is 0 Å². The number of benzene rings is 2. The van der Waals surface area contributed by atoms with Crippen molar-refractivity contribution in [2.75, 3.05) is 17.1 Å². The van der Waals surface area contributed by atoms with Crippen molar-refractivity contribution in [3.8, 4) is 0 Å². The molecule has 1 N–H and O–H groups in total. The molecule has 0 aliphatic carbocycles. The van der Waals surface area contributed by atoms with Crippen molar-refractivity contribution in [1.82, 2.24) is 10.2 Å². The lowest BCUT2D eigenvalue weighted by atomic mass is 10.1. The zero-order chi connectivity index (χ0) is 27.2. The van der Waals surface area contributed by atoms with E-state index in [9.17, 15) is 18.0 Å². The van der Waals surface area contributed by atoms with Crippen molar-refractivity contribution < 1.29 is 18.0 Å². The van der Waals surface area contributed by atoms with Gasteiger partial charge in [-0.15, -0.1) is 0 Å². The summed E-state index contributed by atoms with van der Waals surface area (Å²) in [6.07, 6.45) is 1.97. The van der Waals surface area contributed by atoms with Gasteiger partial charge in [-0.25, -0.2) is 8.42 Å². The molecule has 36 heavy (non-hydrogen) atoms. The van der Waals surface area contributed by atoms with Gasteiger partial charge in [-0.1, -0.05) is 66.3 Å². The van der Waals surface area contributed by atoms with E-state index in [4.69, 9.17) is 46.4 Å². The lowest BCUT2D eigenvalue weighted by molar-refractivity contribution is -0.140. The summed E-state index contributed by atoms with van der Waals surface area (Å²) in [5.41, 5.74) is 0.686. The molecule has 0 aliphatic heterocycles. The second-order valence-corrected chi connectivity index (χ2v) is 11.9. The fourth-order valence-corrected chi connectivity index (χ4v) is 5.08. The lowest BCUT2D eigenvalue weighted by Gasteiger charge is -2.33. The molecule has 2 amide bonds. The Labute approximate surface area is 232 Å². The van der Waals surface area contributed by atoms with Crippen LogP contribution in [0, 0.1) is 0 Å². The Balaban J connectivity index is 2.51. The maximum atomic E-state index is 13.7.